The minimum absolute atomic E-state index is 0.392. The third-order valence-corrected chi connectivity index (χ3v) is 3.18. The zero-order chi connectivity index (χ0) is 10.1. The van der Waals surface area contributed by atoms with Crippen molar-refractivity contribution in [3.63, 3.8) is 0 Å². The molecule has 2 fully saturated rings. The van der Waals surface area contributed by atoms with E-state index in [4.69, 9.17) is 5.11 Å². The van der Waals surface area contributed by atoms with Gasteiger partial charge in [-0.1, -0.05) is 0 Å². The number of fused-ring (bicyclic) bond motifs is 1. The smallest absolute Gasteiger partial charge is 0.364 e. The predicted octanol–water partition coefficient (Wildman–Crippen LogP) is 1.55. The first-order valence-electron chi connectivity index (χ1n) is 5.03. The van der Waals surface area contributed by atoms with Crippen LogP contribution in [0.25, 0.3) is 0 Å². The lowest BCUT2D eigenvalue weighted by molar-refractivity contribution is -0.134. The van der Waals surface area contributed by atoms with Crippen LogP contribution in [0.1, 0.15) is 25.7 Å². The maximum Gasteiger partial charge on any atom is 0.364 e. The van der Waals surface area contributed by atoms with Crippen LogP contribution in [0.5, 0.6) is 0 Å². The molecule has 14 heavy (non-hydrogen) atoms. The number of carboxylic acids is 1. The summed E-state index contributed by atoms with van der Waals surface area (Å²) in [5.74, 6) is -2.33. The Kier molecular flexibility index (Phi) is 2.54. The third kappa shape index (κ3) is 1.66. The van der Waals surface area contributed by atoms with E-state index in [0.29, 0.717) is 24.5 Å². The van der Waals surface area contributed by atoms with Gasteiger partial charge in [-0.05, 0) is 37.8 Å². The van der Waals surface area contributed by atoms with Gasteiger partial charge in [0.05, 0.1) is 0 Å². The van der Waals surface area contributed by atoms with Crippen molar-refractivity contribution in [2.24, 2.45) is 0 Å². The lowest BCUT2D eigenvalue weighted by Gasteiger charge is -2.30. The molecule has 4 heteroatoms. The fourth-order valence-corrected chi connectivity index (χ4v) is 2.44. The van der Waals surface area contributed by atoms with Gasteiger partial charge in [-0.3, -0.25) is 4.90 Å². The quantitative estimate of drug-likeness (QED) is 0.651. The van der Waals surface area contributed by atoms with Crippen molar-refractivity contribution in [2.45, 2.75) is 31.7 Å². The van der Waals surface area contributed by atoms with Gasteiger partial charge in [0.25, 0.3) is 0 Å². The fraction of sp³-hybridized carbons (Fsp3) is 0.700. The van der Waals surface area contributed by atoms with E-state index >= 15 is 0 Å². The van der Waals surface area contributed by atoms with E-state index in [1.54, 1.807) is 0 Å². The summed E-state index contributed by atoms with van der Waals surface area (Å²) in [4.78, 5) is 12.8. The van der Waals surface area contributed by atoms with E-state index < -0.39 is 11.8 Å². The van der Waals surface area contributed by atoms with Crippen LogP contribution in [0.4, 0.5) is 4.39 Å². The average molecular weight is 199 g/mol. The second kappa shape index (κ2) is 3.69. The van der Waals surface area contributed by atoms with Gasteiger partial charge >= 0.3 is 5.97 Å². The molecule has 0 radical (unpaired) electrons. The molecule has 0 aromatic rings. The lowest BCUT2D eigenvalue weighted by Crippen LogP contribution is -2.35. The Morgan fingerprint density at radius 3 is 3.00 bits per heavy atom. The van der Waals surface area contributed by atoms with Crippen LogP contribution in [-0.4, -0.2) is 35.1 Å². The zero-order valence-electron chi connectivity index (χ0n) is 8.00. The summed E-state index contributed by atoms with van der Waals surface area (Å²) in [5.41, 5.74) is 0.501. The summed E-state index contributed by atoms with van der Waals surface area (Å²) in [6, 6.07) is 0.392. The Morgan fingerprint density at radius 1 is 1.50 bits per heavy atom. The number of halogens is 1. The van der Waals surface area contributed by atoms with Gasteiger partial charge in [0, 0.05) is 12.6 Å². The third-order valence-electron chi connectivity index (χ3n) is 3.18. The average Bonchev–Trinajstić information content (AvgIpc) is 2.62. The van der Waals surface area contributed by atoms with Gasteiger partial charge in [-0.2, -0.15) is 4.39 Å². The van der Waals surface area contributed by atoms with E-state index in [9.17, 15) is 9.18 Å². The molecule has 1 atom stereocenters. The maximum absolute atomic E-state index is 13.1. The molecule has 78 valence electrons. The van der Waals surface area contributed by atoms with E-state index in [1.807, 2.05) is 0 Å². The first kappa shape index (κ1) is 9.65. The van der Waals surface area contributed by atoms with Crippen molar-refractivity contribution in [3.05, 3.63) is 11.4 Å². The van der Waals surface area contributed by atoms with Gasteiger partial charge in [0.15, 0.2) is 0 Å². The van der Waals surface area contributed by atoms with Crippen LogP contribution in [-0.2, 0) is 4.79 Å². The van der Waals surface area contributed by atoms with Gasteiger partial charge in [-0.25, -0.2) is 4.79 Å². The normalized spacial score (nSPS) is 31.4. The highest BCUT2D eigenvalue weighted by atomic mass is 19.1. The number of carboxylic acid groups (broad SMARTS) is 1. The molecule has 0 amide bonds. The molecular formula is C10H14FNO2. The molecule has 0 aromatic heterocycles. The molecule has 0 bridgehead atoms. The molecule has 2 saturated heterocycles. The first-order chi connectivity index (χ1) is 6.68. The minimum atomic E-state index is -1.41. The van der Waals surface area contributed by atoms with Crippen molar-refractivity contribution in [3.8, 4) is 0 Å². The van der Waals surface area contributed by atoms with Crippen molar-refractivity contribution < 1.29 is 14.3 Å². The van der Waals surface area contributed by atoms with E-state index in [1.165, 1.54) is 0 Å². The molecule has 0 aliphatic carbocycles. The number of aliphatic carboxylic acids is 1. The fourth-order valence-electron chi connectivity index (χ4n) is 2.44. The Balaban J connectivity index is 2.11. The van der Waals surface area contributed by atoms with Crippen LogP contribution < -0.4 is 0 Å². The number of piperidine rings is 1. The summed E-state index contributed by atoms with van der Waals surface area (Å²) in [6.07, 6.45) is 3.43. The summed E-state index contributed by atoms with van der Waals surface area (Å²) in [7, 11) is 0. The second-order valence-electron chi connectivity index (χ2n) is 4.01. The minimum Gasteiger partial charge on any atom is -0.476 e. The highest BCUT2D eigenvalue weighted by molar-refractivity contribution is 5.84. The maximum atomic E-state index is 13.1. The Labute approximate surface area is 82.2 Å². The number of hydrogen-bond donors (Lipinski definition) is 1. The molecule has 2 rings (SSSR count). The Morgan fingerprint density at radius 2 is 2.29 bits per heavy atom. The van der Waals surface area contributed by atoms with Crippen molar-refractivity contribution in [2.75, 3.05) is 13.1 Å². The number of rotatable bonds is 1. The van der Waals surface area contributed by atoms with Crippen molar-refractivity contribution in [1.29, 1.82) is 0 Å². The highest BCUT2D eigenvalue weighted by Crippen LogP contribution is 2.31. The van der Waals surface area contributed by atoms with Gasteiger partial charge < -0.3 is 5.11 Å². The van der Waals surface area contributed by atoms with Crippen molar-refractivity contribution in [1.82, 2.24) is 4.90 Å². The summed E-state index contributed by atoms with van der Waals surface area (Å²) >= 11 is 0. The number of nitrogens with zero attached hydrogens (tertiary/aromatic N) is 1. The Bertz CT molecular complexity index is 288. The molecule has 2 aliphatic rings. The number of hydrogen-bond acceptors (Lipinski definition) is 2. The molecule has 2 aliphatic heterocycles. The molecular weight excluding hydrogens is 185 g/mol. The van der Waals surface area contributed by atoms with Gasteiger partial charge in [0.1, 0.15) is 0 Å². The van der Waals surface area contributed by atoms with Crippen LogP contribution >= 0.6 is 0 Å². The predicted molar refractivity (Wildman–Crippen MR) is 49.6 cm³/mol. The lowest BCUT2D eigenvalue weighted by atomic mass is 9.96. The molecule has 0 spiro atoms. The van der Waals surface area contributed by atoms with Gasteiger partial charge in [-0.15, -0.1) is 0 Å². The van der Waals surface area contributed by atoms with Gasteiger partial charge in [0.2, 0.25) is 5.83 Å². The topological polar surface area (TPSA) is 40.5 Å². The SMILES string of the molecule is O=C(O)C(F)=C1CCN2CCCC2C1. The van der Waals surface area contributed by atoms with E-state index in [2.05, 4.69) is 4.90 Å². The molecule has 0 saturated carbocycles. The van der Waals surface area contributed by atoms with Crippen LogP contribution in [0.15, 0.2) is 11.4 Å². The largest absolute Gasteiger partial charge is 0.476 e. The van der Waals surface area contributed by atoms with Crippen LogP contribution in [0, 0.1) is 0 Å². The summed E-state index contributed by atoms with van der Waals surface area (Å²) < 4.78 is 13.1. The molecule has 0 aromatic carbocycles. The molecule has 2 heterocycles. The molecule has 1 N–H and O–H groups in total. The van der Waals surface area contributed by atoms with Crippen LogP contribution in [0.2, 0.25) is 0 Å². The molecule has 1 unspecified atom stereocenters. The summed E-state index contributed by atoms with van der Waals surface area (Å²) in [6.45, 7) is 1.91. The highest BCUT2D eigenvalue weighted by Gasteiger charge is 2.31. The second-order valence-corrected chi connectivity index (χ2v) is 4.01. The first-order valence-corrected chi connectivity index (χ1v) is 5.03. The Hall–Kier alpha value is -0.900. The van der Waals surface area contributed by atoms with Crippen molar-refractivity contribution >= 4 is 5.97 Å². The monoisotopic (exact) mass is 199 g/mol. The van der Waals surface area contributed by atoms with E-state index in [-0.39, 0.29) is 0 Å². The summed E-state index contributed by atoms with van der Waals surface area (Å²) in [5, 5.41) is 8.53. The zero-order valence-corrected chi connectivity index (χ0v) is 8.00. The van der Waals surface area contributed by atoms with Crippen LogP contribution in [0.3, 0.4) is 0 Å². The van der Waals surface area contributed by atoms with E-state index in [0.717, 1.165) is 25.9 Å². The molecule has 3 nitrogen and oxygen atoms in total. The standard InChI is InChI=1S/C10H14FNO2/c11-9(10(13)14)7-3-5-12-4-1-2-8(12)6-7/h8H,1-6H2,(H,13,14). The number of carbonyl (C=O) groups is 1.